The highest BCUT2D eigenvalue weighted by atomic mass is 35.5. The topological polar surface area (TPSA) is 91.3 Å². The molecule has 12 heteroatoms. The second kappa shape index (κ2) is 13.5. The molecule has 5 rings (SSSR count). The Kier molecular flexibility index (Phi) is 9.58. The molecule has 2 aliphatic heterocycles. The van der Waals surface area contributed by atoms with E-state index in [9.17, 15) is 9.59 Å². The number of aromatic nitrogens is 2. The minimum atomic E-state index is -0.0312. The van der Waals surface area contributed by atoms with Gasteiger partial charge in [-0.15, -0.1) is 0 Å². The van der Waals surface area contributed by atoms with E-state index >= 15 is 0 Å². The van der Waals surface area contributed by atoms with Gasteiger partial charge >= 0.3 is 0 Å². The lowest BCUT2D eigenvalue weighted by molar-refractivity contribution is -0.128. The number of halogens is 1. The molecule has 3 heterocycles. The summed E-state index contributed by atoms with van der Waals surface area (Å²) in [5, 5.41) is 0.791. The third-order valence-electron chi connectivity index (χ3n) is 7.60. The van der Waals surface area contributed by atoms with Crippen LogP contribution in [-0.2, 0) is 4.79 Å². The number of carbonyl (C=O) groups is 2. The molecule has 0 bridgehead atoms. The molecular weight excluding hydrogens is 576 g/mol. The van der Waals surface area contributed by atoms with Crippen LogP contribution in [-0.4, -0.2) is 103 Å². The summed E-state index contributed by atoms with van der Waals surface area (Å²) < 4.78 is 10.4. The fourth-order valence-corrected chi connectivity index (χ4v) is 6.19. The molecule has 0 saturated carbocycles. The van der Waals surface area contributed by atoms with Crippen LogP contribution in [0.4, 0.5) is 11.5 Å². The Morgan fingerprint density at radius 1 is 0.881 bits per heavy atom. The molecule has 222 valence electrons. The highest BCUT2D eigenvalue weighted by Gasteiger charge is 2.29. The quantitative estimate of drug-likeness (QED) is 0.214. The van der Waals surface area contributed by atoms with Crippen molar-refractivity contribution in [3.05, 3.63) is 65.3 Å². The van der Waals surface area contributed by atoms with Crippen molar-refractivity contribution >= 4 is 46.7 Å². The van der Waals surface area contributed by atoms with Crippen LogP contribution in [0.3, 0.4) is 0 Å². The minimum absolute atomic E-state index is 0.00915. The SMILES string of the molecule is COc1ccc(C(=O)N2CCN(c3cc(Cl)nc(SCC(=O)N4CCN(c5ccc(OC)cc5)CC4)n3)CC2C)cc1. The molecule has 2 amide bonds. The van der Waals surface area contributed by atoms with E-state index in [2.05, 4.69) is 14.8 Å². The molecular formula is C30H35ClN6O4S. The Balaban J connectivity index is 1.13. The van der Waals surface area contributed by atoms with Crippen LogP contribution in [0.2, 0.25) is 5.15 Å². The lowest BCUT2D eigenvalue weighted by Gasteiger charge is -2.40. The summed E-state index contributed by atoms with van der Waals surface area (Å²) in [6, 6.07) is 16.9. The molecule has 2 saturated heterocycles. The van der Waals surface area contributed by atoms with Crippen molar-refractivity contribution in [2.45, 2.75) is 18.1 Å². The standard InChI is InChI=1S/C30H35ClN6O4S/c1-21-19-36(16-17-37(21)29(39)22-4-8-24(40-2)9-5-22)27-18-26(31)32-30(33-27)42-20-28(38)35-14-12-34(13-15-35)23-6-10-25(41-3)11-7-23/h4-11,18,21H,12-17,19-20H2,1-3H3. The van der Waals surface area contributed by atoms with Crippen LogP contribution in [0.25, 0.3) is 0 Å². The normalized spacial score (nSPS) is 17.3. The predicted octanol–water partition coefficient (Wildman–Crippen LogP) is 3.94. The van der Waals surface area contributed by atoms with Crippen molar-refractivity contribution in [3.63, 3.8) is 0 Å². The van der Waals surface area contributed by atoms with Crippen LogP contribution in [0.1, 0.15) is 17.3 Å². The first-order chi connectivity index (χ1) is 20.3. The van der Waals surface area contributed by atoms with E-state index in [0.29, 0.717) is 60.2 Å². The van der Waals surface area contributed by atoms with Gasteiger partial charge in [0.2, 0.25) is 5.91 Å². The number of carbonyl (C=O) groups excluding carboxylic acids is 2. The highest BCUT2D eigenvalue weighted by molar-refractivity contribution is 7.99. The number of benzene rings is 2. The van der Waals surface area contributed by atoms with Gasteiger partial charge in [0.25, 0.3) is 5.91 Å². The van der Waals surface area contributed by atoms with Crippen molar-refractivity contribution in [1.82, 2.24) is 19.8 Å². The molecule has 10 nitrogen and oxygen atoms in total. The number of hydrogen-bond acceptors (Lipinski definition) is 9. The number of nitrogens with zero attached hydrogens (tertiary/aromatic N) is 6. The summed E-state index contributed by atoms with van der Waals surface area (Å²) in [5.74, 6) is 2.52. The van der Waals surface area contributed by atoms with E-state index in [4.69, 9.17) is 26.1 Å². The summed E-state index contributed by atoms with van der Waals surface area (Å²) in [6.45, 7) is 6.65. The second-order valence-corrected chi connectivity index (χ2v) is 11.5. The van der Waals surface area contributed by atoms with E-state index in [1.165, 1.54) is 11.8 Å². The third-order valence-corrected chi connectivity index (χ3v) is 8.63. The number of rotatable bonds is 8. The van der Waals surface area contributed by atoms with Gasteiger partial charge in [-0.05, 0) is 55.5 Å². The summed E-state index contributed by atoms with van der Waals surface area (Å²) in [4.78, 5) is 43.3. The average Bonchev–Trinajstić information content (AvgIpc) is 3.03. The zero-order valence-corrected chi connectivity index (χ0v) is 25.6. The van der Waals surface area contributed by atoms with Crippen molar-refractivity contribution in [2.75, 3.05) is 75.6 Å². The van der Waals surface area contributed by atoms with Gasteiger partial charge in [-0.2, -0.15) is 0 Å². The maximum absolute atomic E-state index is 13.1. The third kappa shape index (κ3) is 7.01. The van der Waals surface area contributed by atoms with E-state index in [0.717, 1.165) is 24.5 Å². The molecule has 1 aromatic heterocycles. The van der Waals surface area contributed by atoms with Crippen molar-refractivity contribution in [1.29, 1.82) is 0 Å². The van der Waals surface area contributed by atoms with Crippen molar-refractivity contribution in [3.8, 4) is 11.5 Å². The highest BCUT2D eigenvalue weighted by Crippen LogP contribution is 2.26. The number of hydrogen-bond donors (Lipinski definition) is 0. The van der Waals surface area contributed by atoms with Crippen LogP contribution < -0.4 is 19.3 Å². The van der Waals surface area contributed by atoms with Gasteiger partial charge < -0.3 is 29.1 Å². The van der Waals surface area contributed by atoms with E-state index in [1.54, 1.807) is 44.6 Å². The first-order valence-electron chi connectivity index (χ1n) is 13.9. The number of thioether (sulfide) groups is 1. The van der Waals surface area contributed by atoms with Crippen LogP contribution >= 0.6 is 23.4 Å². The molecule has 2 aliphatic rings. The fraction of sp³-hybridized carbons (Fsp3) is 0.400. The summed E-state index contributed by atoms with van der Waals surface area (Å²) in [6.07, 6.45) is 0. The molecule has 0 N–H and O–H groups in total. The number of ether oxygens (including phenoxy) is 2. The molecule has 2 fully saturated rings. The Labute approximate surface area is 255 Å². The Morgan fingerprint density at radius 3 is 2.12 bits per heavy atom. The maximum atomic E-state index is 13.1. The van der Waals surface area contributed by atoms with Gasteiger partial charge in [0, 0.05) is 69.2 Å². The Hall–Kier alpha value is -3.70. The van der Waals surface area contributed by atoms with Gasteiger partial charge in [0.15, 0.2) is 5.16 Å². The lowest BCUT2D eigenvalue weighted by atomic mass is 10.1. The Bertz CT molecular complexity index is 1390. The van der Waals surface area contributed by atoms with Gasteiger partial charge in [0.1, 0.15) is 22.5 Å². The summed E-state index contributed by atoms with van der Waals surface area (Å²) in [7, 11) is 3.26. The summed E-state index contributed by atoms with van der Waals surface area (Å²) in [5.41, 5.74) is 1.75. The van der Waals surface area contributed by atoms with Crippen LogP contribution in [0.5, 0.6) is 11.5 Å². The van der Waals surface area contributed by atoms with Gasteiger partial charge in [-0.25, -0.2) is 9.97 Å². The van der Waals surface area contributed by atoms with Crippen molar-refractivity contribution in [2.24, 2.45) is 0 Å². The number of methoxy groups -OCH3 is 2. The fourth-order valence-electron chi connectivity index (χ4n) is 5.20. The van der Waals surface area contributed by atoms with Crippen LogP contribution in [0.15, 0.2) is 59.8 Å². The number of amides is 2. The van der Waals surface area contributed by atoms with E-state index in [1.807, 2.05) is 41.0 Å². The smallest absolute Gasteiger partial charge is 0.254 e. The zero-order chi connectivity index (χ0) is 29.6. The number of anilines is 2. The van der Waals surface area contributed by atoms with Crippen LogP contribution in [0, 0.1) is 0 Å². The molecule has 1 atom stereocenters. The molecule has 1 unspecified atom stereocenters. The zero-order valence-electron chi connectivity index (χ0n) is 24.0. The largest absolute Gasteiger partial charge is 0.497 e. The van der Waals surface area contributed by atoms with Gasteiger partial charge in [-0.3, -0.25) is 9.59 Å². The molecule has 0 radical (unpaired) electrons. The first kappa shape index (κ1) is 29.8. The lowest BCUT2D eigenvalue weighted by Crippen LogP contribution is -2.54. The second-order valence-electron chi connectivity index (χ2n) is 10.2. The molecule has 0 aliphatic carbocycles. The average molecular weight is 611 g/mol. The predicted molar refractivity (Wildman–Crippen MR) is 165 cm³/mol. The Morgan fingerprint density at radius 2 is 1.50 bits per heavy atom. The van der Waals surface area contributed by atoms with Crippen molar-refractivity contribution < 1.29 is 19.1 Å². The maximum Gasteiger partial charge on any atom is 0.254 e. The molecule has 0 spiro atoms. The van der Waals surface area contributed by atoms with E-state index < -0.39 is 0 Å². The van der Waals surface area contributed by atoms with Gasteiger partial charge in [-0.1, -0.05) is 23.4 Å². The summed E-state index contributed by atoms with van der Waals surface area (Å²) >= 11 is 7.67. The number of piperazine rings is 2. The molecule has 3 aromatic rings. The minimum Gasteiger partial charge on any atom is -0.497 e. The molecule has 42 heavy (non-hydrogen) atoms. The molecule has 2 aromatic carbocycles. The van der Waals surface area contributed by atoms with E-state index in [-0.39, 0.29) is 23.6 Å². The first-order valence-corrected chi connectivity index (χ1v) is 15.2. The monoisotopic (exact) mass is 610 g/mol. The van der Waals surface area contributed by atoms with Gasteiger partial charge in [0.05, 0.1) is 20.0 Å².